The van der Waals surface area contributed by atoms with Gasteiger partial charge in [-0.2, -0.15) is 5.10 Å². The molecule has 0 saturated heterocycles. The first-order chi connectivity index (χ1) is 8.24. The fourth-order valence-electron chi connectivity index (χ4n) is 1.84. The number of aromatic hydroxyl groups is 1. The molecule has 0 aliphatic rings. The molecule has 0 fully saturated rings. The first-order valence-corrected chi connectivity index (χ1v) is 5.33. The standard InChI is InChI=1S/C13H11N3O/c1-9-3-2-4-10(5-9)11-6-14-13-12(17)7-15-16(13)8-11/h2-8,17H,1H3. The zero-order valence-corrected chi connectivity index (χ0v) is 9.33. The van der Waals surface area contributed by atoms with E-state index >= 15 is 0 Å². The summed E-state index contributed by atoms with van der Waals surface area (Å²) in [5.74, 6) is 0.0980. The molecule has 0 atom stereocenters. The van der Waals surface area contributed by atoms with E-state index in [1.54, 1.807) is 10.7 Å². The topological polar surface area (TPSA) is 50.4 Å². The van der Waals surface area contributed by atoms with Crippen molar-refractivity contribution in [2.75, 3.05) is 0 Å². The predicted molar refractivity (Wildman–Crippen MR) is 64.8 cm³/mol. The minimum absolute atomic E-state index is 0.0980. The van der Waals surface area contributed by atoms with Gasteiger partial charge in [-0.1, -0.05) is 29.8 Å². The van der Waals surface area contributed by atoms with Crippen LogP contribution in [0, 0.1) is 6.92 Å². The Morgan fingerprint density at radius 3 is 2.88 bits per heavy atom. The highest BCUT2D eigenvalue weighted by atomic mass is 16.3. The third-order valence-electron chi connectivity index (χ3n) is 2.69. The van der Waals surface area contributed by atoms with Crippen molar-refractivity contribution in [1.29, 1.82) is 0 Å². The average molecular weight is 225 g/mol. The van der Waals surface area contributed by atoms with Gasteiger partial charge in [0, 0.05) is 18.0 Å². The van der Waals surface area contributed by atoms with Crippen molar-refractivity contribution in [1.82, 2.24) is 14.6 Å². The maximum atomic E-state index is 9.47. The number of nitrogens with zero attached hydrogens (tertiary/aromatic N) is 3. The molecule has 0 unspecified atom stereocenters. The predicted octanol–water partition coefficient (Wildman–Crippen LogP) is 2.41. The zero-order valence-electron chi connectivity index (χ0n) is 9.33. The number of benzene rings is 1. The molecule has 0 aliphatic carbocycles. The molecule has 3 rings (SSSR count). The molecule has 0 amide bonds. The summed E-state index contributed by atoms with van der Waals surface area (Å²) in [5, 5.41) is 13.5. The number of fused-ring (bicyclic) bond motifs is 1. The van der Waals surface area contributed by atoms with Gasteiger partial charge in [0.15, 0.2) is 11.4 Å². The molecule has 0 bridgehead atoms. The molecule has 0 radical (unpaired) electrons. The molecule has 4 nitrogen and oxygen atoms in total. The minimum atomic E-state index is 0.0980. The van der Waals surface area contributed by atoms with Gasteiger partial charge in [0.25, 0.3) is 0 Å². The van der Waals surface area contributed by atoms with Crippen LogP contribution in [0.4, 0.5) is 0 Å². The van der Waals surface area contributed by atoms with Crippen molar-refractivity contribution < 1.29 is 5.11 Å². The second-order valence-corrected chi connectivity index (χ2v) is 4.01. The molecule has 2 aromatic heterocycles. The van der Waals surface area contributed by atoms with E-state index in [2.05, 4.69) is 29.1 Å². The number of rotatable bonds is 1. The highest BCUT2D eigenvalue weighted by Crippen LogP contribution is 2.22. The summed E-state index contributed by atoms with van der Waals surface area (Å²) in [6, 6.07) is 8.18. The lowest BCUT2D eigenvalue weighted by Gasteiger charge is -2.03. The van der Waals surface area contributed by atoms with Crippen LogP contribution in [0.1, 0.15) is 5.56 Å². The molecule has 1 N–H and O–H groups in total. The maximum Gasteiger partial charge on any atom is 0.197 e. The van der Waals surface area contributed by atoms with E-state index in [1.165, 1.54) is 11.8 Å². The summed E-state index contributed by atoms with van der Waals surface area (Å²) in [6.07, 6.45) is 4.99. The Morgan fingerprint density at radius 1 is 1.18 bits per heavy atom. The van der Waals surface area contributed by atoms with E-state index < -0.39 is 0 Å². The van der Waals surface area contributed by atoms with E-state index in [0.717, 1.165) is 11.1 Å². The molecule has 84 valence electrons. The van der Waals surface area contributed by atoms with Gasteiger partial charge in [-0.05, 0) is 12.5 Å². The third kappa shape index (κ3) is 1.63. The fourth-order valence-corrected chi connectivity index (χ4v) is 1.84. The Bertz CT molecular complexity index is 688. The van der Waals surface area contributed by atoms with Crippen molar-refractivity contribution in [2.24, 2.45) is 0 Å². The monoisotopic (exact) mass is 225 g/mol. The van der Waals surface area contributed by atoms with Crippen molar-refractivity contribution in [3.63, 3.8) is 0 Å². The quantitative estimate of drug-likeness (QED) is 0.691. The van der Waals surface area contributed by atoms with Gasteiger partial charge in [-0.3, -0.25) is 0 Å². The average Bonchev–Trinajstić information content (AvgIpc) is 2.71. The van der Waals surface area contributed by atoms with Crippen LogP contribution in [0.5, 0.6) is 5.75 Å². The second kappa shape index (κ2) is 3.59. The second-order valence-electron chi connectivity index (χ2n) is 4.01. The molecule has 3 aromatic rings. The maximum absolute atomic E-state index is 9.47. The van der Waals surface area contributed by atoms with Crippen LogP contribution in [0.15, 0.2) is 42.9 Å². The van der Waals surface area contributed by atoms with Crippen LogP contribution < -0.4 is 0 Å². The van der Waals surface area contributed by atoms with E-state index in [0.29, 0.717) is 5.65 Å². The van der Waals surface area contributed by atoms with Crippen molar-refractivity contribution >= 4 is 5.65 Å². The van der Waals surface area contributed by atoms with Crippen molar-refractivity contribution in [3.8, 4) is 16.9 Å². The normalized spacial score (nSPS) is 10.9. The van der Waals surface area contributed by atoms with E-state index in [-0.39, 0.29) is 5.75 Å². The van der Waals surface area contributed by atoms with Crippen LogP contribution in [0.25, 0.3) is 16.8 Å². The number of aryl methyl sites for hydroxylation is 1. The summed E-state index contributed by atoms with van der Waals surface area (Å²) in [5.41, 5.74) is 3.74. The van der Waals surface area contributed by atoms with Crippen LogP contribution >= 0.6 is 0 Å². The third-order valence-corrected chi connectivity index (χ3v) is 2.69. The van der Waals surface area contributed by atoms with E-state index in [9.17, 15) is 5.11 Å². The summed E-state index contributed by atoms with van der Waals surface area (Å²) in [6.45, 7) is 2.05. The highest BCUT2D eigenvalue weighted by molar-refractivity contribution is 5.64. The fraction of sp³-hybridized carbons (Fsp3) is 0.0769. The van der Waals surface area contributed by atoms with Gasteiger partial charge in [0.2, 0.25) is 0 Å². The Morgan fingerprint density at radius 2 is 2.06 bits per heavy atom. The van der Waals surface area contributed by atoms with Gasteiger partial charge >= 0.3 is 0 Å². The molecule has 2 heterocycles. The molecule has 17 heavy (non-hydrogen) atoms. The SMILES string of the molecule is Cc1cccc(-c2cnc3c(O)cnn3c2)c1. The van der Waals surface area contributed by atoms with Crippen LogP contribution in [0.3, 0.4) is 0 Å². The first-order valence-electron chi connectivity index (χ1n) is 5.33. The summed E-state index contributed by atoms with van der Waals surface area (Å²) in [4.78, 5) is 4.20. The number of aromatic nitrogens is 3. The van der Waals surface area contributed by atoms with E-state index in [4.69, 9.17) is 0 Å². The molecule has 0 aliphatic heterocycles. The van der Waals surface area contributed by atoms with Crippen molar-refractivity contribution in [3.05, 3.63) is 48.4 Å². The lowest BCUT2D eigenvalue weighted by molar-refractivity contribution is 0.480. The van der Waals surface area contributed by atoms with Crippen LogP contribution in [-0.4, -0.2) is 19.7 Å². The molecule has 0 saturated carbocycles. The Kier molecular flexibility index (Phi) is 2.08. The van der Waals surface area contributed by atoms with Gasteiger partial charge in [0.1, 0.15) is 0 Å². The van der Waals surface area contributed by atoms with E-state index in [1.807, 2.05) is 18.3 Å². The summed E-state index contributed by atoms with van der Waals surface area (Å²) in [7, 11) is 0. The highest BCUT2D eigenvalue weighted by Gasteiger charge is 2.05. The molecular formula is C13H11N3O. The molecular weight excluding hydrogens is 214 g/mol. The van der Waals surface area contributed by atoms with Crippen LogP contribution in [-0.2, 0) is 0 Å². The van der Waals surface area contributed by atoms with Gasteiger partial charge in [-0.15, -0.1) is 0 Å². The molecule has 0 spiro atoms. The van der Waals surface area contributed by atoms with Gasteiger partial charge < -0.3 is 5.11 Å². The van der Waals surface area contributed by atoms with Crippen molar-refractivity contribution in [2.45, 2.75) is 6.92 Å². The smallest absolute Gasteiger partial charge is 0.197 e. The van der Waals surface area contributed by atoms with Gasteiger partial charge in [-0.25, -0.2) is 9.50 Å². The minimum Gasteiger partial charge on any atom is -0.503 e. The number of hydrogen-bond acceptors (Lipinski definition) is 3. The zero-order chi connectivity index (χ0) is 11.8. The Labute approximate surface area is 98.2 Å². The Hall–Kier alpha value is -2.36. The summed E-state index contributed by atoms with van der Waals surface area (Å²) < 4.78 is 1.58. The lowest BCUT2D eigenvalue weighted by atomic mass is 10.1. The number of hydrogen-bond donors (Lipinski definition) is 1. The first kappa shape index (κ1) is 9.84. The lowest BCUT2D eigenvalue weighted by Crippen LogP contribution is -1.91. The largest absolute Gasteiger partial charge is 0.503 e. The molecule has 4 heteroatoms. The van der Waals surface area contributed by atoms with Gasteiger partial charge in [0.05, 0.1) is 6.20 Å². The molecule has 1 aromatic carbocycles. The summed E-state index contributed by atoms with van der Waals surface area (Å²) >= 11 is 0. The van der Waals surface area contributed by atoms with Crippen LogP contribution in [0.2, 0.25) is 0 Å². The Balaban J connectivity index is 2.18.